The van der Waals surface area contributed by atoms with Gasteiger partial charge in [-0.15, -0.1) is 0 Å². The van der Waals surface area contributed by atoms with Crippen LogP contribution in [0.4, 0.5) is 0 Å². The van der Waals surface area contributed by atoms with Crippen molar-refractivity contribution >= 4 is 16.7 Å². The number of aryl methyl sites for hydroxylation is 2. The first-order chi connectivity index (χ1) is 18.0. The highest BCUT2D eigenvalue weighted by atomic mass is 16.6. The van der Waals surface area contributed by atoms with E-state index in [0.29, 0.717) is 31.1 Å². The molecular formula is C31H30O6. The quantitative estimate of drug-likeness (QED) is 0.113. The van der Waals surface area contributed by atoms with Crippen molar-refractivity contribution in [2.24, 2.45) is 0 Å². The lowest BCUT2D eigenvalue weighted by molar-refractivity contribution is 0.0733. The summed E-state index contributed by atoms with van der Waals surface area (Å²) >= 11 is 0. The molecule has 0 saturated carbocycles. The lowest BCUT2D eigenvalue weighted by Gasteiger charge is -2.12. The molecule has 0 aromatic heterocycles. The van der Waals surface area contributed by atoms with Crippen molar-refractivity contribution in [3.63, 3.8) is 0 Å². The van der Waals surface area contributed by atoms with Gasteiger partial charge in [0.2, 0.25) is 0 Å². The first-order valence-electron chi connectivity index (χ1n) is 12.3. The zero-order chi connectivity index (χ0) is 25.8. The van der Waals surface area contributed by atoms with Crippen LogP contribution in [0.1, 0.15) is 21.5 Å². The fourth-order valence-electron chi connectivity index (χ4n) is 4.12. The maximum atomic E-state index is 12.9. The van der Waals surface area contributed by atoms with Gasteiger partial charge in [-0.05, 0) is 95.4 Å². The summed E-state index contributed by atoms with van der Waals surface area (Å²) in [5.74, 6) is 1.78. The molecule has 5 rings (SSSR count). The highest BCUT2D eigenvalue weighted by Gasteiger charge is 2.23. The molecule has 1 aliphatic rings. The van der Waals surface area contributed by atoms with Gasteiger partial charge in [-0.1, -0.05) is 24.3 Å². The largest absolute Gasteiger partial charge is 0.491 e. The molecule has 4 aromatic rings. The van der Waals surface area contributed by atoms with Crippen LogP contribution in [0.5, 0.6) is 17.2 Å². The second-order valence-electron chi connectivity index (χ2n) is 9.18. The van der Waals surface area contributed by atoms with Crippen molar-refractivity contribution in [2.45, 2.75) is 20.0 Å². The summed E-state index contributed by atoms with van der Waals surface area (Å²) in [5, 5.41) is 1.92. The molecule has 1 saturated heterocycles. The monoisotopic (exact) mass is 498 g/mol. The third kappa shape index (κ3) is 6.10. The van der Waals surface area contributed by atoms with Crippen molar-refractivity contribution < 1.29 is 28.5 Å². The first-order valence-corrected chi connectivity index (χ1v) is 12.3. The Kier molecular flexibility index (Phi) is 7.40. The summed E-state index contributed by atoms with van der Waals surface area (Å²) in [6.45, 7) is 6.35. The molecule has 1 aliphatic heterocycles. The summed E-state index contributed by atoms with van der Waals surface area (Å²) in [4.78, 5) is 12.9. The molecule has 0 spiro atoms. The average molecular weight is 499 g/mol. The number of carbonyl (C=O) groups is 1. The van der Waals surface area contributed by atoms with Crippen LogP contribution < -0.4 is 14.2 Å². The van der Waals surface area contributed by atoms with E-state index in [-0.39, 0.29) is 6.10 Å². The van der Waals surface area contributed by atoms with Crippen LogP contribution in [0.25, 0.3) is 21.9 Å². The van der Waals surface area contributed by atoms with E-state index >= 15 is 0 Å². The van der Waals surface area contributed by atoms with Gasteiger partial charge in [0.1, 0.15) is 36.6 Å². The summed E-state index contributed by atoms with van der Waals surface area (Å²) < 4.78 is 27.5. The molecule has 190 valence electrons. The molecule has 0 radical (unpaired) electrons. The molecular weight excluding hydrogens is 468 g/mol. The maximum absolute atomic E-state index is 12.9. The van der Waals surface area contributed by atoms with Crippen LogP contribution in [0.15, 0.2) is 72.8 Å². The van der Waals surface area contributed by atoms with Crippen LogP contribution in [0, 0.1) is 13.8 Å². The molecule has 0 bridgehead atoms. The first kappa shape index (κ1) is 24.8. The maximum Gasteiger partial charge on any atom is 0.343 e. The lowest BCUT2D eigenvalue weighted by Crippen LogP contribution is -2.09. The van der Waals surface area contributed by atoms with E-state index < -0.39 is 5.97 Å². The SMILES string of the molecule is COCCOc1ccc2cc(C(=O)Oc3ccc(-c4ccc(OCC5CO5)c(C)c4)cc3C)ccc2c1. The number of methoxy groups -OCH3 is 1. The Morgan fingerprint density at radius 2 is 1.49 bits per heavy atom. The van der Waals surface area contributed by atoms with Gasteiger partial charge in [-0.3, -0.25) is 0 Å². The van der Waals surface area contributed by atoms with E-state index in [1.54, 1.807) is 13.2 Å². The minimum absolute atomic E-state index is 0.227. The fraction of sp³-hybridized carbons (Fsp3) is 0.258. The normalized spacial score (nSPS) is 14.4. The Balaban J connectivity index is 1.26. The molecule has 1 unspecified atom stereocenters. The summed E-state index contributed by atoms with van der Waals surface area (Å²) in [5.41, 5.74) is 4.57. The van der Waals surface area contributed by atoms with Gasteiger partial charge in [0.15, 0.2) is 0 Å². The predicted molar refractivity (Wildman–Crippen MR) is 143 cm³/mol. The highest BCUT2D eigenvalue weighted by molar-refractivity contribution is 5.96. The third-order valence-electron chi connectivity index (χ3n) is 6.32. The molecule has 1 atom stereocenters. The van der Waals surface area contributed by atoms with Gasteiger partial charge >= 0.3 is 5.97 Å². The topological polar surface area (TPSA) is 66.5 Å². The molecule has 0 amide bonds. The lowest BCUT2D eigenvalue weighted by atomic mass is 10.0. The van der Waals surface area contributed by atoms with Crippen molar-refractivity contribution in [1.82, 2.24) is 0 Å². The second kappa shape index (κ2) is 11.0. The Labute approximate surface area is 216 Å². The smallest absolute Gasteiger partial charge is 0.343 e. The van der Waals surface area contributed by atoms with Crippen molar-refractivity contribution in [1.29, 1.82) is 0 Å². The summed E-state index contributed by atoms with van der Waals surface area (Å²) in [7, 11) is 1.64. The van der Waals surface area contributed by atoms with Crippen LogP contribution in [0.2, 0.25) is 0 Å². The molecule has 6 heteroatoms. The van der Waals surface area contributed by atoms with Crippen LogP contribution in [-0.4, -0.2) is 45.6 Å². The molecule has 1 heterocycles. The second-order valence-corrected chi connectivity index (χ2v) is 9.18. The van der Waals surface area contributed by atoms with Crippen LogP contribution in [-0.2, 0) is 9.47 Å². The third-order valence-corrected chi connectivity index (χ3v) is 6.32. The van der Waals surface area contributed by atoms with Crippen molar-refractivity contribution in [2.75, 3.05) is 33.5 Å². The zero-order valence-electron chi connectivity index (χ0n) is 21.3. The molecule has 1 fully saturated rings. The van der Waals surface area contributed by atoms with Gasteiger partial charge in [-0.25, -0.2) is 4.79 Å². The van der Waals surface area contributed by atoms with E-state index in [2.05, 4.69) is 6.07 Å². The number of hydrogen-bond acceptors (Lipinski definition) is 6. The van der Waals surface area contributed by atoms with Gasteiger partial charge in [0, 0.05) is 7.11 Å². The summed E-state index contributed by atoms with van der Waals surface area (Å²) in [6.07, 6.45) is 0.227. The van der Waals surface area contributed by atoms with Gasteiger partial charge in [-0.2, -0.15) is 0 Å². The number of carbonyl (C=O) groups excluding carboxylic acids is 1. The molecule has 0 N–H and O–H groups in total. The highest BCUT2D eigenvalue weighted by Crippen LogP contribution is 2.31. The number of fused-ring (bicyclic) bond motifs is 1. The molecule has 6 nitrogen and oxygen atoms in total. The summed E-state index contributed by atoms with van der Waals surface area (Å²) in [6, 6.07) is 23.3. The van der Waals surface area contributed by atoms with E-state index in [0.717, 1.165) is 51.1 Å². The van der Waals surface area contributed by atoms with E-state index in [1.165, 1.54) is 0 Å². The van der Waals surface area contributed by atoms with Gasteiger partial charge in [0.25, 0.3) is 0 Å². The minimum Gasteiger partial charge on any atom is -0.491 e. The predicted octanol–water partition coefficient (Wildman–Crippen LogP) is 6.15. The van der Waals surface area contributed by atoms with E-state index in [1.807, 2.05) is 74.5 Å². The molecule has 4 aromatic carbocycles. The number of epoxide rings is 1. The Morgan fingerprint density at radius 3 is 2.16 bits per heavy atom. The average Bonchev–Trinajstić information content (AvgIpc) is 3.73. The van der Waals surface area contributed by atoms with E-state index in [4.69, 9.17) is 23.7 Å². The Morgan fingerprint density at radius 1 is 0.811 bits per heavy atom. The Hall–Kier alpha value is -3.87. The fourth-order valence-corrected chi connectivity index (χ4v) is 4.12. The minimum atomic E-state index is -0.393. The number of hydrogen-bond donors (Lipinski definition) is 0. The van der Waals surface area contributed by atoms with Crippen LogP contribution >= 0.6 is 0 Å². The zero-order valence-corrected chi connectivity index (χ0v) is 21.3. The Bertz CT molecular complexity index is 1420. The number of rotatable bonds is 10. The van der Waals surface area contributed by atoms with Gasteiger partial charge < -0.3 is 23.7 Å². The van der Waals surface area contributed by atoms with E-state index in [9.17, 15) is 4.79 Å². The van der Waals surface area contributed by atoms with Crippen molar-refractivity contribution in [3.05, 3.63) is 89.5 Å². The number of esters is 1. The standard InChI is InChI=1S/C31H30O6/c1-20-14-22(7-10-29(20)36-19-28-18-35-28)23-8-11-30(21(2)15-23)37-31(32)26-5-4-25-17-27(34-13-12-33-3)9-6-24(25)16-26/h4-11,14-17,28H,12-13,18-19H2,1-3H3. The van der Waals surface area contributed by atoms with Crippen LogP contribution in [0.3, 0.4) is 0 Å². The molecule has 37 heavy (non-hydrogen) atoms. The van der Waals surface area contributed by atoms with Crippen molar-refractivity contribution in [3.8, 4) is 28.4 Å². The molecule has 0 aliphatic carbocycles. The number of ether oxygens (including phenoxy) is 5. The number of benzene rings is 4. The van der Waals surface area contributed by atoms with Gasteiger partial charge in [0.05, 0.1) is 18.8 Å².